The van der Waals surface area contributed by atoms with Gasteiger partial charge in [0.25, 0.3) is 0 Å². The van der Waals surface area contributed by atoms with Crippen molar-refractivity contribution < 1.29 is 18.3 Å². The summed E-state index contributed by atoms with van der Waals surface area (Å²) in [5.41, 5.74) is -0.00191. The van der Waals surface area contributed by atoms with Crippen molar-refractivity contribution in [1.82, 2.24) is 4.90 Å². The Morgan fingerprint density at radius 2 is 1.85 bits per heavy atom. The first-order valence-corrected chi connectivity index (χ1v) is 6.69. The molecule has 0 amide bonds. The van der Waals surface area contributed by atoms with Crippen molar-refractivity contribution in [2.24, 2.45) is 0 Å². The van der Waals surface area contributed by atoms with Crippen molar-refractivity contribution in [3.05, 3.63) is 29.8 Å². The van der Waals surface area contributed by atoms with Crippen LogP contribution in [0.3, 0.4) is 0 Å². The van der Waals surface area contributed by atoms with Crippen molar-refractivity contribution in [1.29, 1.82) is 0 Å². The number of piperazine rings is 1. The van der Waals surface area contributed by atoms with Gasteiger partial charge in [0.2, 0.25) is 0 Å². The molecule has 0 aliphatic carbocycles. The van der Waals surface area contributed by atoms with Gasteiger partial charge in [-0.25, -0.2) is 0 Å². The maximum atomic E-state index is 12.7. The topological polar surface area (TPSA) is 26.7 Å². The first kappa shape index (κ1) is 15.1. The Balaban J connectivity index is 2.00. The molecule has 1 fully saturated rings. The molecule has 0 unspecified atom stereocenters. The predicted octanol–water partition coefficient (Wildman–Crippen LogP) is 2.21. The second-order valence-corrected chi connectivity index (χ2v) is 5.18. The number of halogens is 3. The summed E-state index contributed by atoms with van der Waals surface area (Å²) in [5.74, 6) is 0. The van der Waals surface area contributed by atoms with E-state index in [1.54, 1.807) is 13.0 Å². The van der Waals surface area contributed by atoms with Gasteiger partial charge in [-0.05, 0) is 25.1 Å². The van der Waals surface area contributed by atoms with Crippen LogP contribution in [0.5, 0.6) is 0 Å². The van der Waals surface area contributed by atoms with Crippen molar-refractivity contribution in [2.75, 3.05) is 37.6 Å². The van der Waals surface area contributed by atoms with Gasteiger partial charge in [-0.2, -0.15) is 13.2 Å². The van der Waals surface area contributed by atoms with Crippen LogP contribution in [0.4, 0.5) is 18.9 Å². The van der Waals surface area contributed by atoms with Gasteiger partial charge < -0.3 is 10.0 Å². The first-order chi connectivity index (χ1) is 9.36. The fourth-order valence-corrected chi connectivity index (χ4v) is 2.44. The summed E-state index contributed by atoms with van der Waals surface area (Å²) < 4.78 is 38.1. The summed E-state index contributed by atoms with van der Waals surface area (Å²) in [7, 11) is 0. The van der Waals surface area contributed by atoms with Crippen LogP contribution in [0.1, 0.15) is 12.5 Å². The van der Waals surface area contributed by atoms with Gasteiger partial charge in [0.05, 0.1) is 11.7 Å². The molecule has 0 bridgehead atoms. The van der Waals surface area contributed by atoms with Crippen LogP contribution < -0.4 is 4.90 Å². The third-order valence-corrected chi connectivity index (χ3v) is 3.43. The number of hydrogen-bond acceptors (Lipinski definition) is 3. The SMILES string of the molecule is C[C@H](O)CN1CCN(c2cccc(C(F)(F)F)c2)CC1. The molecule has 2 rings (SSSR count). The third-order valence-electron chi connectivity index (χ3n) is 3.43. The molecule has 0 radical (unpaired) electrons. The standard InChI is InChI=1S/C14H19F3N2O/c1-11(20)10-18-5-7-19(8-6-18)13-4-2-3-12(9-13)14(15,16)17/h2-4,9,11,20H,5-8,10H2,1H3/t11-/m0/s1. The molecule has 1 heterocycles. The number of β-amino-alcohol motifs (C(OH)–C–C–N with tert-alkyl or cyclic N) is 1. The van der Waals surface area contributed by atoms with E-state index < -0.39 is 11.7 Å². The molecule has 1 aromatic carbocycles. The molecule has 20 heavy (non-hydrogen) atoms. The second-order valence-electron chi connectivity index (χ2n) is 5.18. The number of aliphatic hydroxyl groups excluding tert-OH is 1. The Bertz CT molecular complexity index is 440. The second kappa shape index (κ2) is 6.01. The first-order valence-electron chi connectivity index (χ1n) is 6.69. The van der Waals surface area contributed by atoms with Gasteiger partial charge in [0, 0.05) is 38.4 Å². The molecule has 112 valence electrons. The van der Waals surface area contributed by atoms with Crippen LogP contribution in [0, 0.1) is 0 Å². The Morgan fingerprint density at radius 1 is 1.20 bits per heavy atom. The molecular formula is C14H19F3N2O. The quantitative estimate of drug-likeness (QED) is 0.924. The lowest BCUT2D eigenvalue weighted by Crippen LogP contribution is -2.48. The van der Waals surface area contributed by atoms with E-state index in [9.17, 15) is 18.3 Å². The molecule has 0 aromatic heterocycles. The highest BCUT2D eigenvalue weighted by molar-refractivity contribution is 5.49. The minimum atomic E-state index is -4.30. The van der Waals surface area contributed by atoms with E-state index in [0.717, 1.165) is 19.2 Å². The van der Waals surface area contributed by atoms with Crippen molar-refractivity contribution in [2.45, 2.75) is 19.2 Å². The summed E-state index contributed by atoms with van der Waals surface area (Å²) in [6.07, 6.45) is -4.68. The number of aliphatic hydroxyl groups is 1. The Hall–Kier alpha value is -1.27. The predicted molar refractivity (Wildman–Crippen MR) is 71.8 cm³/mol. The van der Waals surface area contributed by atoms with E-state index in [4.69, 9.17) is 0 Å². The minimum Gasteiger partial charge on any atom is -0.392 e. The van der Waals surface area contributed by atoms with Crippen molar-refractivity contribution in [3.8, 4) is 0 Å². The number of nitrogens with zero attached hydrogens (tertiary/aromatic N) is 2. The highest BCUT2D eigenvalue weighted by atomic mass is 19.4. The molecule has 1 atom stereocenters. The fraction of sp³-hybridized carbons (Fsp3) is 0.571. The normalized spacial score (nSPS) is 19.1. The molecule has 1 saturated heterocycles. The van der Waals surface area contributed by atoms with Gasteiger partial charge in [-0.1, -0.05) is 6.07 Å². The zero-order valence-electron chi connectivity index (χ0n) is 11.4. The molecule has 1 aliphatic heterocycles. The molecule has 6 heteroatoms. The maximum Gasteiger partial charge on any atom is 0.416 e. The zero-order valence-corrected chi connectivity index (χ0v) is 11.4. The lowest BCUT2D eigenvalue weighted by Gasteiger charge is -2.36. The smallest absolute Gasteiger partial charge is 0.392 e. The number of hydrogen-bond donors (Lipinski definition) is 1. The number of anilines is 1. The van der Waals surface area contributed by atoms with Crippen molar-refractivity contribution >= 4 is 5.69 Å². The van der Waals surface area contributed by atoms with Crippen LogP contribution in [-0.2, 0) is 6.18 Å². The molecule has 1 aliphatic rings. The maximum absolute atomic E-state index is 12.7. The molecule has 1 N–H and O–H groups in total. The lowest BCUT2D eigenvalue weighted by atomic mass is 10.1. The van der Waals surface area contributed by atoms with E-state index >= 15 is 0 Å². The Labute approximate surface area is 116 Å². The van der Waals surface area contributed by atoms with Crippen LogP contribution >= 0.6 is 0 Å². The molecule has 0 spiro atoms. The van der Waals surface area contributed by atoms with E-state index in [1.165, 1.54) is 12.1 Å². The molecule has 3 nitrogen and oxygen atoms in total. The average Bonchev–Trinajstić information content (AvgIpc) is 2.38. The van der Waals surface area contributed by atoms with Crippen LogP contribution in [-0.4, -0.2) is 48.8 Å². The summed E-state index contributed by atoms with van der Waals surface area (Å²) in [4.78, 5) is 4.07. The molecule has 1 aromatic rings. The summed E-state index contributed by atoms with van der Waals surface area (Å²) >= 11 is 0. The Kier molecular flexibility index (Phi) is 4.55. The summed E-state index contributed by atoms with van der Waals surface area (Å²) in [5, 5.41) is 9.33. The van der Waals surface area contributed by atoms with Crippen LogP contribution in [0.2, 0.25) is 0 Å². The van der Waals surface area contributed by atoms with E-state index in [2.05, 4.69) is 4.90 Å². The van der Waals surface area contributed by atoms with Crippen LogP contribution in [0.15, 0.2) is 24.3 Å². The monoisotopic (exact) mass is 288 g/mol. The van der Waals surface area contributed by atoms with E-state index in [1.807, 2.05) is 4.90 Å². The summed E-state index contributed by atoms with van der Waals surface area (Å²) in [6, 6.07) is 5.44. The average molecular weight is 288 g/mol. The van der Waals surface area contributed by atoms with E-state index in [-0.39, 0.29) is 6.10 Å². The number of rotatable bonds is 3. The van der Waals surface area contributed by atoms with Gasteiger partial charge in [0.1, 0.15) is 0 Å². The highest BCUT2D eigenvalue weighted by Gasteiger charge is 2.31. The molecule has 0 saturated carbocycles. The Morgan fingerprint density at radius 3 is 2.40 bits per heavy atom. The fourth-order valence-electron chi connectivity index (χ4n) is 2.44. The highest BCUT2D eigenvalue weighted by Crippen LogP contribution is 2.31. The van der Waals surface area contributed by atoms with Gasteiger partial charge >= 0.3 is 6.18 Å². The van der Waals surface area contributed by atoms with Gasteiger partial charge in [0.15, 0.2) is 0 Å². The number of benzene rings is 1. The van der Waals surface area contributed by atoms with E-state index in [0.29, 0.717) is 25.3 Å². The largest absolute Gasteiger partial charge is 0.416 e. The summed E-state index contributed by atoms with van der Waals surface area (Å²) in [6.45, 7) is 5.19. The minimum absolute atomic E-state index is 0.380. The van der Waals surface area contributed by atoms with Gasteiger partial charge in [-0.15, -0.1) is 0 Å². The third kappa shape index (κ3) is 3.86. The van der Waals surface area contributed by atoms with Crippen LogP contribution in [0.25, 0.3) is 0 Å². The van der Waals surface area contributed by atoms with Gasteiger partial charge in [-0.3, -0.25) is 4.90 Å². The zero-order chi connectivity index (χ0) is 14.8. The van der Waals surface area contributed by atoms with Crippen molar-refractivity contribution in [3.63, 3.8) is 0 Å². The molecular weight excluding hydrogens is 269 g/mol. The lowest BCUT2D eigenvalue weighted by molar-refractivity contribution is -0.137. The number of alkyl halides is 3.